The van der Waals surface area contributed by atoms with E-state index in [9.17, 15) is 4.79 Å². The van der Waals surface area contributed by atoms with Crippen LogP contribution < -0.4 is 4.90 Å². The monoisotopic (exact) mass is 389 g/mol. The summed E-state index contributed by atoms with van der Waals surface area (Å²) in [6.45, 7) is 2.98. The van der Waals surface area contributed by atoms with Crippen molar-refractivity contribution in [2.24, 2.45) is 0 Å². The summed E-state index contributed by atoms with van der Waals surface area (Å²) in [6.07, 6.45) is 0. The van der Waals surface area contributed by atoms with Crippen LogP contribution >= 0.6 is 34.3 Å². The number of anilines is 1. The molecule has 3 heterocycles. The summed E-state index contributed by atoms with van der Waals surface area (Å²) < 4.78 is 0. The van der Waals surface area contributed by atoms with Gasteiger partial charge in [0.25, 0.3) is 5.91 Å². The number of thiophene rings is 1. The van der Waals surface area contributed by atoms with E-state index in [2.05, 4.69) is 21.3 Å². The number of carbonyl (C=O) groups excluding carboxylic acids is 1. The molecule has 1 fully saturated rings. The Morgan fingerprint density at radius 3 is 2.68 bits per heavy atom. The average Bonchev–Trinajstić information content (AvgIpc) is 3.32. The Kier molecular flexibility index (Phi) is 4.74. The fraction of sp³-hybridized carbons (Fsp3) is 0.222. The summed E-state index contributed by atoms with van der Waals surface area (Å²) in [6, 6.07) is 9.87. The van der Waals surface area contributed by atoms with Gasteiger partial charge in [0.2, 0.25) is 0 Å². The van der Waals surface area contributed by atoms with Gasteiger partial charge in [-0.25, -0.2) is 4.98 Å². The Labute approximate surface area is 159 Å². The number of piperazine rings is 1. The lowest BCUT2D eigenvalue weighted by molar-refractivity contribution is 0.0742. The van der Waals surface area contributed by atoms with Gasteiger partial charge in [-0.2, -0.15) is 11.3 Å². The minimum absolute atomic E-state index is 0.0171. The van der Waals surface area contributed by atoms with Gasteiger partial charge in [-0.05, 0) is 29.6 Å². The first kappa shape index (κ1) is 16.6. The number of hydrogen-bond acceptors (Lipinski definition) is 5. The lowest BCUT2D eigenvalue weighted by Crippen LogP contribution is -2.48. The summed E-state index contributed by atoms with van der Waals surface area (Å²) in [7, 11) is 0. The highest BCUT2D eigenvalue weighted by Gasteiger charge is 2.24. The van der Waals surface area contributed by atoms with E-state index >= 15 is 0 Å². The van der Waals surface area contributed by atoms with Gasteiger partial charge >= 0.3 is 0 Å². The number of halogens is 1. The van der Waals surface area contributed by atoms with Crippen LogP contribution in [0.4, 0.5) is 5.69 Å². The largest absolute Gasteiger partial charge is 0.368 e. The van der Waals surface area contributed by atoms with Gasteiger partial charge in [0.1, 0.15) is 10.7 Å². The Morgan fingerprint density at radius 1 is 1.12 bits per heavy atom. The summed E-state index contributed by atoms with van der Waals surface area (Å²) in [5.74, 6) is 0.0171. The van der Waals surface area contributed by atoms with E-state index in [-0.39, 0.29) is 5.91 Å². The lowest BCUT2D eigenvalue weighted by atomic mass is 10.2. The fourth-order valence-corrected chi connectivity index (χ4v) is 4.58. The Morgan fingerprint density at radius 2 is 1.96 bits per heavy atom. The summed E-state index contributed by atoms with van der Waals surface area (Å²) >= 11 is 9.23. The number of thiazole rings is 1. The molecule has 0 radical (unpaired) electrons. The van der Waals surface area contributed by atoms with Crippen LogP contribution in [0.5, 0.6) is 0 Å². The number of aromatic nitrogens is 1. The van der Waals surface area contributed by atoms with E-state index in [1.54, 1.807) is 11.3 Å². The zero-order valence-electron chi connectivity index (χ0n) is 13.4. The van der Waals surface area contributed by atoms with E-state index in [1.807, 2.05) is 39.9 Å². The molecule has 4 rings (SSSR count). The maximum atomic E-state index is 12.7. The van der Waals surface area contributed by atoms with Crippen molar-refractivity contribution < 1.29 is 4.79 Å². The minimum Gasteiger partial charge on any atom is -0.368 e. The predicted molar refractivity (Wildman–Crippen MR) is 105 cm³/mol. The van der Waals surface area contributed by atoms with E-state index in [0.29, 0.717) is 18.8 Å². The number of nitrogens with zero attached hydrogens (tertiary/aromatic N) is 3. The van der Waals surface area contributed by atoms with Crippen molar-refractivity contribution in [1.29, 1.82) is 0 Å². The molecular formula is C18H16ClN3OS2. The first-order chi connectivity index (χ1) is 12.2. The van der Waals surface area contributed by atoms with Crippen molar-refractivity contribution in [3.63, 3.8) is 0 Å². The topological polar surface area (TPSA) is 36.4 Å². The van der Waals surface area contributed by atoms with Crippen LogP contribution in [0.3, 0.4) is 0 Å². The van der Waals surface area contributed by atoms with E-state index in [4.69, 9.17) is 11.6 Å². The maximum absolute atomic E-state index is 12.7. The first-order valence-corrected chi connectivity index (χ1v) is 10.2. The van der Waals surface area contributed by atoms with Crippen LogP contribution in [0.15, 0.2) is 46.5 Å². The molecule has 0 atom stereocenters. The Balaban J connectivity index is 1.41. The molecule has 0 spiro atoms. The molecule has 4 nitrogen and oxygen atoms in total. The second-order valence-electron chi connectivity index (χ2n) is 5.81. The molecule has 25 heavy (non-hydrogen) atoms. The van der Waals surface area contributed by atoms with Crippen LogP contribution in [-0.2, 0) is 0 Å². The highest BCUT2D eigenvalue weighted by atomic mass is 35.5. The molecule has 1 saturated heterocycles. The summed E-state index contributed by atoms with van der Waals surface area (Å²) in [5.41, 5.74) is 2.73. The quantitative estimate of drug-likeness (QED) is 0.662. The van der Waals surface area contributed by atoms with Gasteiger partial charge in [-0.15, -0.1) is 11.3 Å². The van der Waals surface area contributed by atoms with Crippen LogP contribution in [0.25, 0.3) is 10.6 Å². The molecule has 0 aliphatic carbocycles. The highest BCUT2D eigenvalue weighted by Crippen LogP contribution is 2.26. The smallest absolute Gasteiger partial charge is 0.273 e. The zero-order valence-corrected chi connectivity index (χ0v) is 15.8. The third kappa shape index (κ3) is 3.56. The van der Waals surface area contributed by atoms with Gasteiger partial charge < -0.3 is 9.80 Å². The molecule has 0 N–H and O–H groups in total. The Hall–Kier alpha value is -1.89. The molecule has 1 amide bonds. The molecule has 1 aromatic carbocycles. The molecule has 0 bridgehead atoms. The molecular weight excluding hydrogens is 374 g/mol. The third-order valence-corrected chi connectivity index (χ3v) is 6.04. The van der Waals surface area contributed by atoms with Crippen molar-refractivity contribution >= 4 is 45.9 Å². The first-order valence-electron chi connectivity index (χ1n) is 7.98. The van der Waals surface area contributed by atoms with Gasteiger partial charge in [-0.1, -0.05) is 17.7 Å². The van der Waals surface area contributed by atoms with Gasteiger partial charge in [-0.3, -0.25) is 4.79 Å². The van der Waals surface area contributed by atoms with Crippen LogP contribution in [0.1, 0.15) is 10.5 Å². The molecule has 3 aromatic rings. The standard InChI is InChI=1S/C18H16ClN3OS2/c19-14-2-1-3-15(10-14)21-5-7-22(8-6-21)18(23)16-12-25-17(20-16)13-4-9-24-11-13/h1-4,9-12H,5-8H2. The lowest BCUT2D eigenvalue weighted by Gasteiger charge is -2.35. The van der Waals surface area contributed by atoms with E-state index < -0.39 is 0 Å². The summed E-state index contributed by atoms with van der Waals surface area (Å²) in [5, 5.41) is 7.57. The SMILES string of the molecule is O=C(c1csc(-c2ccsc2)n1)N1CCN(c2cccc(Cl)c2)CC1. The highest BCUT2D eigenvalue weighted by molar-refractivity contribution is 7.14. The van der Waals surface area contributed by atoms with Gasteiger partial charge in [0.15, 0.2) is 0 Å². The molecule has 128 valence electrons. The van der Waals surface area contributed by atoms with Gasteiger partial charge in [0.05, 0.1) is 0 Å². The number of rotatable bonds is 3. The zero-order chi connectivity index (χ0) is 17.2. The number of amides is 1. The molecule has 2 aromatic heterocycles. The van der Waals surface area contributed by atoms with Crippen molar-refractivity contribution in [3.8, 4) is 10.6 Å². The van der Waals surface area contributed by atoms with Crippen LogP contribution in [0.2, 0.25) is 5.02 Å². The fourth-order valence-electron chi connectivity index (χ4n) is 2.89. The van der Waals surface area contributed by atoms with Crippen molar-refractivity contribution in [3.05, 3.63) is 57.2 Å². The second-order valence-corrected chi connectivity index (χ2v) is 7.88. The van der Waals surface area contributed by atoms with Crippen LogP contribution in [-0.4, -0.2) is 42.0 Å². The molecule has 7 heteroatoms. The Bertz CT molecular complexity index is 870. The van der Waals surface area contributed by atoms with Crippen molar-refractivity contribution in [2.45, 2.75) is 0 Å². The maximum Gasteiger partial charge on any atom is 0.273 e. The van der Waals surface area contributed by atoms with E-state index in [1.165, 1.54) is 11.3 Å². The third-order valence-electron chi connectivity index (χ3n) is 4.23. The molecule has 1 aliphatic heterocycles. The van der Waals surface area contributed by atoms with Gasteiger partial charge in [0, 0.05) is 53.2 Å². The predicted octanol–water partition coefficient (Wildman–Crippen LogP) is 4.49. The van der Waals surface area contributed by atoms with Crippen LogP contribution in [0, 0.1) is 0 Å². The number of benzene rings is 1. The normalized spacial score (nSPS) is 14.8. The number of carbonyl (C=O) groups is 1. The second kappa shape index (κ2) is 7.15. The van der Waals surface area contributed by atoms with Crippen molar-refractivity contribution in [1.82, 2.24) is 9.88 Å². The number of hydrogen-bond donors (Lipinski definition) is 0. The summed E-state index contributed by atoms with van der Waals surface area (Å²) in [4.78, 5) is 21.4. The average molecular weight is 390 g/mol. The molecule has 0 unspecified atom stereocenters. The minimum atomic E-state index is 0.0171. The van der Waals surface area contributed by atoms with Crippen molar-refractivity contribution in [2.75, 3.05) is 31.1 Å². The van der Waals surface area contributed by atoms with E-state index in [0.717, 1.165) is 34.4 Å². The molecule has 1 aliphatic rings. The molecule has 0 saturated carbocycles.